The molecule has 0 spiro atoms. The van der Waals surface area contributed by atoms with Crippen LogP contribution in [-0.4, -0.2) is 26.6 Å². The predicted octanol–water partition coefficient (Wildman–Crippen LogP) is 3.34. The molecule has 0 aliphatic rings. The minimum atomic E-state index is -3.74. The molecular weight excluding hydrogens is 379 g/mol. The molecule has 0 fully saturated rings. The van der Waals surface area contributed by atoms with E-state index < -0.39 is 27.8 Å². The summed E-state index contributed by atoms with van der Waals surface area (Å²) in [7, 11) is -3.74. The Hall–Kier alpha value is -2.12. The quantitative estimate of drug-likeness (QED) is 0.777. The van der Waals surface area contributed by atoms with Gasteiger partial charge in [-0.2, -0.15) is 0 Å². The van der Waals surface area contributed by atoms with Crippen molar-refractivity contribution in [2.24, 2.45) is 0 Å². The number of nitrogens with zero attached hydrogens (tertiary/aromatic N) is 1. The third-order valence-electron chi connectivity index (χ3n) is 3.79. The smallest absolute Gasteiger partial charge is 0.244 e. The minimum Gasteiger partial charge on any atom is -0.350 e. The molecule has 0 bridgehead atoms. The summed E-state index contributed by atoms with van der Waals surface area (Å²) in [6.07, 6.45) is 1.28. The number of anilines is 1. The second-order valence-corrected chi connectivity index (χ2v) is 8.10. The summed E-state index contributed by atoms with van der Waals surface area (Å²) in [6.45, 7) is 1.96. The molecule has 0 heterocycles. The Labute approximate surface area is 157 Å². The van der Waals surface area contributed by atoms with Gasteiger partial charge in [0.05, 0.1) is 11.9 Å². The highest BCUT2D eigenvalue weighted by Gasteiger charge is 2.31. The van der Waals surface area contributed by atoms with E-state index in [0.29, 0.717) is 5.02 Å². The first kappa shape index (κ1) is 20.2. The van der Waals surface area contributed by atoms with Crippen LogP contribution >= 0.6 is 11.6 Å². The van der Waals surface area contributed by atoms with Gasteiger partial charge in [0.15, 0.2) is 0 Å². The van der Waals surface area contributed by atoms with E-state index in [9.17, 15) is 17.6 Å². The summed E-state index contributed by atoms with van der Waals surface area (Å²) in [5.41, 5.74) is 1.08. The van der Waals surface area contributed by atoms with Crippen molar-refractivity contribution in [3.8, 4) is 0 Å². The van der Waals surface area contributed by atoms with E-state index in [1.807, 2.05) is 0 Å². The van der Waals surface area contributed by atoms with E-state index in [0.717, 1.165) is 28.3 Å². The maximum Gasteiger partial charge on any atom is 0.244 e. The molecule has 0 unspecified atom stereocenters. The standard InChI is InChI=1S/C18H20ClFN2O3S/c1-3-17(18(23)21-12-13-4-6-14(19)7-5-13)22(26(2,24)25)16-10-8-15(20)9-11-16/h4-11,17H,3,12H2,1-2H3,(H,21,23)/t17-/m1/s1. The SMILES string of the molecule is CC[C@H](C(=O)NCc1ccc(Cl)cc1)N(c1ccc(F)cc1)S(C)(=O)=O. The van der Waals surface area contributed by atoms with Gasteiger partial charge in [0.2, 0.25) is 15.9 Å². The van der Waals surface area contributed by atoms with Crippen LogP contribution in [-0.2, 0) is 21.4 Å². The van der Waals surface area contributed by atoms with Crippen molar-refractivity contribution in [1.82, 2.24) is 5.32 Å². The molecule has 140 valence electrons. The molecule has 2 rings (SSSR count). The molecule has 0 aliphatic heterocycles. The van der Waals surface area contributed by atoms with Crippen molar-refractivity contribution < 1.29 is 17.6 Å². The highest BCUT2D eigenvalue weighted by molar-refractivity contribution is 7.92. The number of hydrogen-bond donors (Lipinski definition) is 1. The summed E-state index contributed by atoms with van der Waals surface area (Å²) in [4.78, 5) is 12.6. The van der Waals surface area contributed by atoms with Gasteiger partial charge < -0.3 is 5.32 Å². The van der Waals surface area contributed by atoms with Crippen molar-refractivity contribution >= 4 is 33.2 Å². The minimum absolute atomic E-state index is 0.238. The third-order valence-corrected chi connectivity index (χ3v) is 5.22. The zero-order valence-corrected chi connectivity index (χ0v) is 16.0. The molecule has 5 nitrogen and oxygen atoms in total. The van der Waals surface area contributed by atoms with E-state index >= 15 is 0 Å². The molecule has 1 atom stereocenters. The second kappa shape index (κ2) is 8.51. The number of halogens is 2. The van der Waals surface area contributed by atoms with E-state index in [1.54, 1.807) is 31.2 Å². The average Bonchev–Trinajstić information content (AvgIpc) is 2.59. The number of carbonyl (C=O) groups is 1. The van der Waals surface area contributed by atoms with Crippen molar-refractivity contribution in [2.75, 3.05) is 10.6 Å². The lowest BCUT2D eigenvalue weighted by atomic mass is 10.1. The summed E-state index contributed by atoms with van der Waals surface area (Å²) < 4.78 is 38.7. The zero-order valence-electron chi connectivity index (χ0n) is 14.4. The van der Waals surface area contributed by atoms with E-state index in [-0.39, 0.29) is 18.7 Å². The Bertz CT molecular complexity index is 855. The maximum atomic E-state index is 13.2. The Balaban J connectivity index is 2.22. The Morgan fingerprint density at radius 2 is 1.73 bits per heavy atom. The fourth-order valence-electron chi connectivity index (χ4n) is 2.56. The molecule has 26 heavy (non-hydrogen) atoms. The number of amides is 1. The monoisotopic (exact) mass is 398 g/mol. The maximum absolute atomic E-state index is 13.2. The number of carbonyl (C=O) groups excluding carboxylic acids is 1. The number of benzene rings is 2. The lowest BCUT2D eigenvalue weighted by Crippen LogP contribution is -2.49. The lowest BCUT2D eigenvalue weighted by Gasteiger charge is -2.30. The Kier molecular flexibility index (Phi) is 6.61. The normalized spacial score (nSPS) is 12.5. The molecule has 1 amide bonds. The van der Waals surface area contributed by atoms with Gasteiger partial charge in [-0.1, -0.05) is 30.7 Å². The first-order valence-corrected chi connectivity index (χ1v) is 10.2. The van der Waals surface area contributed by atoms with Crippen LogP contribution in [0.1, 0.15) is 18.9 Å². The van der Waals surface area contributed by atoms with Gasteiger partial charge in [0, 0.05) is 11.6 Å². The van der Waals surface area contributed by atoms with E-state index in [4.69, 9.17) is 11.6 Å². The van der Waals surface area contributed by atoms with Crippen LogP contribution in [0.15, 0.2) is 48.5 Å². The van der Waals surface area contributed by atoms with Crippen LogP contribution in [0.3, 0.4) is 0 Å². The Morgan fingerprint density at radius 1 is 1.15 bits per heavy atom. The number of nitrogens with one attached hydrogen (secondary N) is 1. The summed E-state index contributed by atoms with van der Waals surface area (Å²) in [6, 6.07) is 11.0. The van der Waals surface area contributed by atoms with Crippen molar-refractivity contribution in [3.63, 3.8) is 0 Å². The Morgan fingerprint density at radius 3 is 2.23 bits per heavy atom. The first-order valence-electron chi connectivity index (χ1n) is 7.99. The van der Waals surface area contributed by atoms with E-state index in [2.05, 4.69) is 5.32 Å². The third kappa shape index (κ3) is 5.19. The van der Waals surface area contributed by atoms with Gasteiger partial charge in [-0.25, -0.2) is 12.8 Å². The number of sulfonamides is 1. The molecule has 0 aromatic heterocycles. The van der Waals surface area contributed by atoms with Gasteiger partial charge >= 0.3 is 0 Å². The summed E-state index contributed by atoms with van der Waals surface area (Å²) >= 11 is 5.83. The average molecular weight is 399 g/mol. The first-order chi connectivity index (χ1) is 12.2. The fraction of sp³-hybridized carbons (Fsp3) is 0.278. The van der Waals surface area contributed by atoms with E-state index in [1.165, 1.54) is 12.1 Å². The largest absolute Gasteiger partial charge is 0.350 e. The summed E-state index contributed by atoms with van der Waals surface area (Å²) in [5.74, 6) is -0.917. The molecule has 0 saturated carbocycles. The molecule has 1 N–H and O–H groups in total. The van der Waals surface area contributed by atoms with Crippen molar-refractivity contribution in [2.45, 2.75) is 25.9 Å². The molecular formula is C18H20ClFN2O3S. The van der Waals surface area contributed by atoms with Crippen LogP contribution in [0.2, 0.25) is 5.02 Å². The molecule has 0 saturated heterocycles. The second-order valence-electron chi connectivity index (χ2n) is 5.80. The molecule has 0 aliphatic carbocycles. The van der Waals surface area contributed by atoms with Crippen LogP contribution in [0.4, 0.5) is 10.1 Å². The van der Waals surface area contributed by atoms with Crippen LogP contribution < -0.4 is 9.62 Å². The predicted molar refractivity (Wildman–Crippen MR) is 101 cm³/mol. The molecule has 2 aromatic carbocycles. The van der Waals surface area contributed by atoms with Gasteiger partial charge in [-0.05, 0) is 48.4 Å². The van der Waals surface area contributed by atoms with Crippen LogP contribution in [0.25, 0.3) is 0 Å². The molecule has 0 radical (unpaired) electrons. The fourth-order valence-corrected chi connectivity index (χ4v) is 3.90. The van der Waals surface area contributed by atoms with Crippen LogP contribution in [0.5, 0.6) is 0 Å². The van der Waals surface area contributed by atoms with Gasteiger partial charge in [0.25, 0.3) is 0 Å². The van der Waals surface area contributed by atoms with Crippen molar-refractivity contribution in [3.05, 3.63) is 64.9 Å². The number of hydrogen-bond acceptors (Lipinski definition) is 3. The topological polar surface area (TPSA) is 66.5 Å². The highest BCUT2D eigenvalue weighted by atomic mass is 35.5. The molecule has 8 heteroatoms. The van der Waals surface area contributed by atoms with Gasteiger partial charge in [-0.15, -0.1) is 0 Å². The van der Waals surface area contributed by atoms with Crippen LogP contribution in [0, 0.1) is 5.82 Å². The van der Waals surface area contributed by atoms with Gasteiger partial charge in [-0.3, -0.25) is 9.10 Å². The summed E-state index contributed by atoms with van der Waals surface area (Å²) in [5, 5.41) is 3.33. The van der Waals surface area contributed by atoms with Crippen molar-refractivity contribution in [1.29, 1.82) is 0 Å². The lowest BCUT2D eigenvalue weighted by molar-refractivity contribution is -0.122. The molecule has 2 aromatic rings. The zero-order chi connectivity index (χ0) is 19.3. The number of rotatable bonds is 7. The van der Waals surface area contributed by atoms with Gasteiger partial charge in [0.1, 0.15) is 11.9 Å². The highest BCUT2D eigenvalue weighted by Crippen LogP contribution is 2.23.